The first-order valence-electron chi connectivity index (χ1n) is 11.0. The van der Waals surface area contributed by atoms with Gasteiger partial charge in [0.25, 0.3) is 5.69 Å². The molecule has 10 heteroatoms. The summed E-state index contributed by atoms with van der Waals surface area (Å²) in [6.07, 6.45) is 0.858. The van der Waals surface area contributed by atoms with E-state index < -0.39 is 14.9 Å². The highest BCUT2D eigenvalue weighted by Gasteiger charge is 2.30. The van der Waals surface area contributed by atoms with Crippen LogP contribution in [-0.2, 0) is 14.8 Å². The molecule has 9 nitrogen and oxygen atoms in total. The average Bonchev–Trinajstić information content (AvgIpc) is 2.86. The predicted octanol–water partition coefficient (Wildman–Crippen LogP) is 3.44. The molecule has 3 aromatic carbocycles. The van der Waals surface area contributed by atoms with Crippen molar-refractivity contribution in [1.82, 2.24) is 9.21 Å². The molecular weight excluding hydrogens is 458 g/mol. The van der Waals surface area contributed by atoms with Crippen molar-refractivity contribution in [3.63, 3.8) is 0 Å². The number of carbonyl (C=O) groups is 1. The van der Waals surface area contributed by atoms with E-state index >= 15 is 0 Å². The van der Waals surface area contributed by atoms with Gasteiger partial charge in [-0.2, -0.15) is 4.31 Å². The molecule has 4 rings (SSSR count). The normalized spacial score (nSPS) is 14.8. The van der Waals surface area contributed by atoms with Gasteiger partial charge < -0.3 is 9.64 Å². The van der Waals surface area contributed by atoms with Gasteiger partial charge in [0, 0.05) is 50.1 Å². The Labute approximate surface area is 197 Å². The molecule has 3 aromatic rings. The third kappa shape index (κ3) is 5.18. The first-order chi connectivity index (χ1) is 16.4. The maximum atomic E-state index is 12.9. The summed E-state index contributed by atoms with van der Waals surface area (Å²) in [6.45, 7) is 1.24. The van der Waals surface area contributed by atoms with Crippen LogP contribution in [0.25, 0.3) is 10.8 Å². The SMILES string of the molecule is O=C(CCCOc1cccc2ccccc12)N1CCN(S(=O)(=O)c2cccc([N+](=O)[O-])c2)CC1. The smallest absolute Gasteiger partial charge is 0.270 e. The van der Waals surface area contributed by atoms with Crippen molar-refractivity contribution < 1.29 is 22.9 Å². The molecule has 0 spiro atoms. The molecule has 0 saturated carbocycles. The Morgan fingerprint density at radius 2 is 1.68 bits per heavy atom. The predicted molar refractivity (Wildman–Crippen MR) is 127 cm³/mol. The van der Waals surface area contributed by atoms with Gasteiger partial charge in [0.2, 0.25) is 15.9 Å². The molecule has 0 aliphatic carbocycles. The molecule has 0 aromatic heterocycles. The summed E-state index contributed by atoms with van der Waals surface area (Å²) in [5, 5.41) is 13.1. The number of ether oxygens (including phenoxy) is 1. The fourth-order valence-electron chi connectivity index (χ4n) is 3.97. The van der Waals surface area contributed by atoms with Crippen LogP contribution in [0.2, 0.25) is 0 Å². The summed E-state index contributed by atoms with van der Waals surface area (Å²) in [4.78, 5) is 24.5. The summed E-state index contributed by atoms with van der Waals surface area (Å²) in [5.74, 6) is 0.736. The zero-order chi connectivity index (χ0) is 24.1. The van der Waals surface area contributed by atoms with E-state index in [0.717, 1.165) is 22.6 Å². The van der Waals surface area contributed by atoms with Crippen molar-refractivity contribution in [2.75, 3.05) is 32.8 Å². The van der Waals surface area contributed by atoms with Gasteiger partial charge in [-0.1, -0.05) is 42.5 Å². The van der Waals surface area contributed by atoms with E-state index in [9.17, 15) is 23.3 Å². The van der Waals surface area contributed by atoms with Gasteiger partial charge in [0.05, 0.1) is 16.4 Å². The molecule has 1 aliphatic rings. The fourth-order valence-corrected chi connectivity index (χ4v) is 5.43. The minimum absolute atomic E-state index is 0.0473. The van der Waals surface area contributed by atoms with Crippen LogP contribution >= 0.6 is 0 Å². The van der Waals surface area contributed by atoms with E-state index in [1.165, 1.54) is 22.5 Å². The Morgan fingerprint density at radius 1 is 0.971 bits per heavy atom. The van der Waals surface area contributed by atoms with Crippen molar-refractivity contribution in [2.24, 2.45) is 0 Å². The highest BCUT2D eigenvalue weighted by Crippen LogP contribution is 2.25. The maximum absolute atomic E-state index is 12.9. The third-order valence-corrected chi connectivity index (χ3v) is 7.69. The number of hydrogen-bond donors (Lipinski definition) is 0. The number of amides is 1. The second kappa shape index (κ2) is 10.2. The summed E-state index contributed by atoms with van der Waals surface area (Å²) >= 11 is 0. The van der Waals surface area contributed by atoms with Gasteiger partial charge in [-0.05, 0) is 23.9 Å². The summed E-state index contributed by atoms with van der Waals surface area (Å²) in [6, 6.07) is 18.8. The van der Waals surface area contributed by atoms with Gasteiger partial charge in [-0.15, -0.1) is 0 Å². The fraction of sp³-hybridized carbons (Fsp3) is 0.292. The second-order valence-corrected chi connectivity index (χ2v) is 9.91. The Kier molecular flexibility index (Phi) is 7.09. The Morgan fingerprint density at radius 3 is 2.44 bits per heavy atom. The van der Waals surface area contributed by atoms with Gasteiger partial charge in [-0.3, -0.25) is 14.9 Å². The van der Waals surface area contributed by atoms with Crippen LogP contribution in [0.4, 0.5) is 5.69 Å². The topological polar surface area (TPSA) is 110 Å². The Bertz CT molecular complexity index is 1300. The van der Waals surface area contributed by atoms with Crippen LogP contribution in [0.1, 0.15) is 12.8 Å². The van der Waals surface area contributed by atoms with E-state index in [4.69, 9.17) is 4.74 Å². The van der Waals surface area contributed by atoms with Gasteiger partial charge >= 0.3 is 0 Å². The summed E-state index contributed by atoms with van der Waals surface area (Å²) in [5.41, 5.74) is -0.277. The molecular formula is C24H25N3O6S. The number of sulfonamides is 1. The molecule has 1 aliphatic heterocycles. The zero-order valence-electron chi connectivity index (χ0n) is 18.5. The van der Waals surface area contributed by atoms with E-state index in [1.807, 2.05) is 42.5 Å². The molecule has 0 unspecified atom stereocenters. The average molecular weight is 484 g/mol. The minimum atomic E-state index is -3.87. The van der Waals surface area contributed by atoms with Crippen molar-refractivity contribution in [3.8, 4) is 5.75 Å². The number of benzene rings is 3. The van der Waals surface area contributed by atoms with E-state index in [-0.39, 0.29) is 42.7 Å². The van der Waals surface area contributed by atoms with Crippen LogP contribution in [0.5, 0.6) is 5.75 Å². The monoisotopic (exact) mass is 483 g/mol. The highest BCUT2D eigenvalue weighted by atomic mass is 32.2. The molecule has 1 saturated heterocycles. The first-order valence-corrected chi connectivity index (χ1v) is 12.4. The van der Waals surface area contributed by atoms with E-state index in [0.29, 0.717) is 19.4 Å². The molecule has 0 bridgehead atoms. The Balaban J connectivity index is 1.26. The lowest BCUT2D eigenvalue weighted by Gasteiger charge is -2.34. The van der Waals surface area contributed by atoms with E-state index in [2.05, 4.69) is 0 Å². The highest BCUT2D eigenvalue weighted by molar-refractivity contribution is 7.89. The van der Waals surface area contributed by atoms with Crippen LogP contribution in [0.3, 0.4) is 0 Å². The van der Waals surface area contributed by atoms with Crippen molar-refractivity contribution in [1.29, 1.82) is 0 Å². The zero-order valence-corrected chi connectivity index (χ0v) is 19.3. The molecule has 1 fully saturated rings. The largest absolute Gasteiger partial charge is 0.493 e. The number of nitro benzene ring substituents is 1. The molecule has 0 radical (unpaired) electrons. The molecule has 1 heterocycles. The number of rotatable bonds is 8. The maximum Gasteiger partial charge on any atom is 0.270 e. The molecule has 34 heavy (non-hydrogen) atoms. The van der Waals surface area contributed by atoms with Crippen LogP contribution in [0.15, 0.2) is 71.6 Å². The molecule has 0 atom stereocenters. The van der Waals surface area contributed by atoms with Crippen molar-refractivity contribution in [3.05, 3.63) is 76.8 Å². The molecule has 1 amide bonds. The van der Waals surface area contributed by atoms with Crippen molar-refractivity contribution in [2.45, 2.75) is 17.7 Å². The van der Waals surface area contributed by atoms with Crippen LogP contribution < -0.4 is 4.74 Å². The summed E-state index contributed by atoms with van der Waals surface area (Å²) < 4.78 is 32.9. The summed E-state index contributed by atoms with van der Waals surface area (Å²) in [7, 11) is -3.87. The number of nitro groups is 1. The number of nitrogens with zero attached hydrogens (tertiary/aromatic N) is 3. The molecule has 178 valence electrons. The quantitative estimate of drug-likeness (QED) is 0.276. The standard InChI is InChI=1S/C24H25N3O6S/c28-24(12-5-17-33-23-11-3-7-19-6-1-2-10-22(19)23)25-13-15-26(16-14-25)34(31,32)21-9-4-8-20(18-21)27(29)30/h1-4,6-11,18H,5,12-17H2. The first kappa shape index (κ1) is 23.7. The number of non-ortho nitro benzene ring substituents is 1. The van der Waals surface area contributed by atoms with Crippen LogP contribution in [-0.4, -0.2) is 61.2 Å². The molecule has 0 N–H and O–H groups in total. The third-order valence-electron chi connectivity index (χ3n) is 5.80. The lowest BCUT2D eigenvalue weighted by atomic mass is 10.1. The van der Waals surface area contributed by atoms with Gasteiger partial charge in [-0.25, -0.2) is 8.42 Å². The number of fused-ring (bicyclic) bond motifs is 1. The number of piperazine rings is 1. The lowest BCUT2D eigenvalue weighted by molar-refractivity contribution is -0.385. The lowest BCUT2D eigenvalue weighted by Crippen LogP contribution is -2.50. The van der Waals surface area contributed by atoms with Gasteiger partial charge in [0.1, 0.15) is 5.75 Å². The number of carbonyl (C=O) groups excluding carboxylic acids is 1. The minimum Gasteiger partial charge on any atom is -0.493 e. The van der Waals surface area contributed by atoms with E-state index in [1.54, 1.807) is 4.90 Å². The van der Waals surface area contributed by atoms with Crippen LogP contribution in [0, 0.1) is 10.1 Å². The number of hydrogen-bond acceptors (Lipinski definition) is 6. The van der Waals surface area contributed by atoms with Crippen molar-refractivity contribution >= 4 is 32.4 Å². The second-order valence-electron chi connectivity index (χ2n) is 7.97. The van der Waals surface area contributed by atoms with Gasteiger partial charge in [0.15, 0.2) is 0 Å². The Hall–Kier alpha value is -3.50.